The fourth-order valence-electron chi connectivity index (χ4n) is 8.26. The van der Waals surface area contributed by atoms with Crippen molar-refractivity contribution in [3.05, 3.63) is 0 Å². The zero-order chi connectivity index (χ0) is 37.0. The lowest BCUT2D eigenvalue weighted by molar-refractivity contribution is -0.144. The first kappa shape index (κ1) is 39.6. The molecule has 0 aromatic carbocycles. The van der Waals surface area contributed by atoms with Crippen LogP contribution in [0.3, 0.4) is 0 Å². The summed E-state index contributed by atoms with van der Waals surface area (Å²) in [7, 11) is 0. The minimum absolute atomic E-state index is 0.0412. The van der Waals surface area contributed by atoms with Crippen molar-refractivity contribution < 1.29 is 28.8 Å². The van der Waals surface area contributed by atoms with Crippen molar-refractivity contribution in [3.63, 3.8) is 0 Å². The molecule has 50 heavy (non-hydrogen) atoms. The Labute approximate surface area is 299 Å². The van der Waals surface area contributed by atoms with E-state index < -0.39 is 41.8 Å². The molecule has 0 radical (unpaired) electrons. The average Bonchev–Trinajstić information content (AvgIpc) is 3.32. The van der Waals surface area contributed by atoms with Crippen LogP contribution in [0.2, 0.25) is 0 Å². The van der Waals surface area contributed by atoms with E-state index in [2.05, 4.69) is 49.0 Å². The van der Waals surface area contributed by atoms with Gasteiger partial charge >= 0.3 is 6.03 Å². The minimum atomic E-state index is -0.966. The third-order valence-electron chi connectivity index (χ3n) is 11.8. The number of carbonyl (C=O) groups is 6. The summed E-state index contributed by atoms with van der Waals surface area (Å²) >= 11 is 0. The lowest BCUT2D eigenvalue weighted by Gasteiger charge is -2.41. The van der Waals surface area contributed by atoms with Gasteiger partial charge in [-0.25, -0.2) is 4.79 Å². The summed E-state index contributed by atoms with van der Waals surface area (Å²) in [5.41, 5.74) is -0.553. The Bertz CT molecular complexity index is 1290. The number of hydrogen-bond donors (Lipinski definition) is 4. The summed E-state index contributed by atoms with van der Waals surface area (Å²) in [6.45, 7) is 17.9. The number of rotatable bonds is 7. The lowest BCUT2D eigenvalue weighted by atomic mass is 9.81. The van der Waals surface area contributed by atoms with Crippen molar-refractivity contribution in [1.82, 2.24) is 31.1 Å². The topological polar surface area (TPSA) is 157 Å². The van der Waals surface area contributed by atoms with Gasteiger partial charge in [-0.05, 0) is 54.3 Å². The van der Waals surface area contributed by atoms with Crippen molar-refractivity contribution in [1.29, 1.82) is 0 Å². The maximum atomic E-state index is 14.4. The molecule has 6 amide bonds. The fourth-order valence-corrected chi connectivity index (χ4v) is 8.26. The zero-order valence-electron chi connectivity index (χ0n) is 31.9. The predicted molar refractivity (Wildman–Crippen MR) is 192 cm³/mol. The number of amides is 6. The van der Waals surface area contributed by atoms with Crippen molar-refractivity contribution in [2.24, 2.45) is 28.1 Å². The first-order valence-electron chi connectivity index (χ1n) is 19.1. The van der Waals surface area contributed by atoms with Crippen LogP contribution < -0.4 is 21.3 Å². The highest BCUT2D eigenvalue weighted by Crippen LogP contribution is 2.65. The Kier molecular flexibility index (Phi) is 12.7. The number of likely N-dealkylation sites (tertiary alicyclic amines) is 1. The SMILES string of the molecule is CCNC(=O)C(=O)[C@@H]1CCCCCCCCC[C@H](NC(=O)N[C@H](CN2CCC(C)(C)CC2=O)C(C)(C)C)C(=O)N2C[C@H]3[C@@H]([C@H]2C(=O)N1)C3(C)C. The predicted octanol–water partition coefficient (Wildman–Crippen LogP) is 3.92. The molecule has 4 aliphatic rings. The molecule has 0 bridgehead atoms. The van der Waals surface area contributed by atoms with Gasteiger partial charge in [0.25, 0.3) is 5.91 Å². The van der Waals surface area contributed by atoms with Crippen LogP contribution in [0, 0.1) is 28.1 Å². The van der Waals surface area contributed by atoms with E-state index in [1.54, 1.807) is 11.8 Å². The number of nitrogens with one attached hydrogen (secondary N) is 4. The van der Waals surface area contributed by atoms with Gasteiger partial charge < -0.3 is 31.1 Å². The standard InChI is InChI=1S/C38H64N6O6/c1-9-39-33(48)31(46)25-17-15-13-11-10-12-14-16-18-26(34(49)44-22-24-29(38(24,7)8)30(44)32(47)40-25)41-35(50)42-27(36(2,3)4)23-43-20-19-37(5,6)21-28(43)45/h24-27,29-30H,9-23H2,1-8H3,(H,39,48)(H,40,47)(H2,41,42,50)/t24-,25-,26-,27+,29-,30-/m0/s1. The maximum absolute atomic E-state index is 14.4. The van der Waals surface area contributed by atoms with Crippen LogP contribution in [-0.2, 0) is 24.0 Å². The first-order chi connectivity index (χ1) is 23.4. The highest BCUT2D eigenvalue weighted by Gasteiger charge is 2.69. The van der Waals surface area contributed by atoms with E-state index in [0.29, 0.717) is 51.9 Å². The van der Waals surface area contributed by atoms with E-state index in [1.807, 2.05) is 25.7 Å². The number of Topliss-reactive ketones (excluding diaryl/α,β-unsaturated/α-hetero) is 1. The molecular formula is C38H64N6O6. The molecule has 4 rings (SSSR count). The first-order valence-corrected chi connectivity index (χ1v) is 19.1. The number of fused-ring (bicyclic) bond motifs is 3. The van der Waals surface area contributed by atoms with Gasteiger partial charge in [-0.3, -0.25) is 24.0 Å². The van der Waals surface area contributed by atoms with Crippen molar-refractivity contribution >= 4 is 35.4 Å². The van der Waals surface area contributed by atoms with Gasteiger partial charge in [0, 0.05) is 32.6 Å². The molecule has 12 nitrogen and oxygen atoms in total. The Morgan fingerprint density at radius 1 is 0.940 bits per heavy atom. The summed E-state index contributed by atoms with van der Waals surface area (Å²) in [4.78, 5) is 84.4. The largest absolute Gasteiger partial charge is 0.350 e. The third kappa shape index (κ3) is 9.57. The quantitative estimate of drug-likeness (QED) is 0.295. The summed E-state index contributed by atoms with van der Waals surface area (Å²) in [5, 5.41) is 11.5. The molecule has 0 aromatic heterocycles. The van der Waals surface area contributed by atoms with E-state index in [-0.39, 0.29) is 45.9 Å². The highest BCUT2D eigenvalue weighted by molar-refractivity contribution is 6.38. The normalized spacial score (nSPS) is 29.6. The highest BCUT2D eigenvalue weighted by atomic mass is 16.2. The molecule has 3 saturated heterocycles. The molecule has 282 valence electrons. The molecule has 6 atom stereocenters. The van der Waals surface area contributed by atoms with Gasteiger partial charge in [0.2, 0.25) is 23.5 Å². The molecule has 3 heterocycles. The van der Waals surface area contributed by atoms with Crippen LogP contribution in [0.5, 0.6) is 0 Å². The van der Waals surface area contributed by atoms with Crippen LogP contribution in [0.4, 0.5) is 4.79 Å². The van der Waals surface area contributed by atoms with Gasteiger partial charge in [-0.15, -0.1) is 0 Å². The number of hydrogen-bond acceptors (Lipinski definition) is 6. The Morgan fingerprint density at radius 3 is 2.16 bits per heavy atom. The van der Waals surface area contributed by atoms with Crippen molar-refractivity contribution in [2.45, 2.75) is 150 Å². The number of ketones is 1. The van der Waals surface area contributed by atoms with E-state index >= 15 is 0 Å². The summed E-state index contributed by atoms with van der Waals surface area (Å²) < 4.78 is 0. The molecule has 0 unspecified atom stereocenters. The number of nitrogens with zero attached hydrogens (tertiary/aromatic N) is 2. The monoisotopic (exact) mass is 700 g/mol. The van der Waals surface area contributed by atoms with E-state index in [9.17, 15) is 28.8 Å². The summed E-state index contributed by atoms with van der Waals surface area (Å²) in [6, 6.07) is -3.44. The van der Waals surface area contributed by atoms with E-state index in [0.717, 1.165) is 44.9 Å². The zero-order valence-corrected chi connectivity index (χ0v) is 31.9. The molecule has 0 spiro atoms. The van der Waals surface area contributed by atoms with Gasteiger partial charge in [-0.1, -0.05) is 93.4 Å². The van der Waals surface area contributed by atoms with Crippen LogP contribution in [0.1, 0.15) is 126 Å². The Morgan fingerprint density at radius 2 is 1.56 bits per heavy atom. The Balaban J connectivity index is 1.54. The van der Waals surface area contributed by atoms with Gasteiger partial charge in [-0.2, -0.15) is 0 Å². The second-order valence-electron chi connectivity index (χ2n) is 17.7. The summed E-state index contributed by atoms with van der Waals surface area (Å²) in [5.74, 6) is -1.98. The molecule has 0 aromatic rings. The number of carbonyl (C=O) groups excluding carboxylic acids is 6. The van der Waals surface area contributed by atoms with E-state index in [4.69, 9.17) is 0 Å². The molecular weight excluding hydrogens is 636 g/mol. The van der Waals surface area contributed by atoms with Gasteiger partial charge in [0.05, 0.1) is 12.1 Å². The maximum Gasteiger partial charge on any atom is 0.315 e. The van der Waals surface area contributed by atoms with Gasteiger partial charge in [0.1, 0.15) is 12.1 Å². The van der Waals surface area contributed by atoms with Crippen LogP contribution in [0.25, 0.3) is 0 Å². The molecule has 1 saturated carbocycles. The number of likely N-dealkylation sites (N-methyl/N-ethyl adjacent to an activating group) is 1. The van der Waals surface area contributed by atoms with Gasteiger partial charge in [0.15, 0.2) is 0 Å². The second kappa shape index (κ2) is 16.0. The van der Waals surface area contributed by atoms with Crippen LogP contribution in [-0.4, -0.2) is 95.6 Å². The van der Waals surface area contributed by atoms with Crippen molar-refractivity contribution in [2.75, 3.05) is 26.2 Å². The molecule has 3 aliphatic heterocycles. The van der Waals surface area contributed by atoms with Crippen LogP contribution in [0.15, 0.2) is 0 Å². The molecule has 1 aliphatic carbocycles. The fraction of sp³-hybridized carbons (Fsp3) is 0.842. The molecule has 4 fully saturated rings. The summed E-state index contributed by atoms with van der Waals surface area (Å²) in [6.07, 6.45) is 8.38. The lowest BCUT2D eigenvalue weighted by Crippen LogP contribution is -2.60. The number of urea groups is 1. The van der Waals surface area contributed by atoms with Crippen molar-refractivity contribution in [3.8, 4) is 0 Å². The molecule has 4 N–H and O–H groups in total. The minimum Gasteiger partial charge on any atom is -0.350 e. The third-order valence-corrected chi connectivity index (χ3v) is 11.8. The van der Waals surface area contributed by atoms with E-state index in [1.165, 1.54) is 0 Å². The smallest absolute Gasteiger partial charge is 0.315 e. The Hall–Kier alpha value is -3.18. The van der Waals surface area contributed by atoms with Crippen LogP contribution >= 0.6 is 0 Å². The number of piperidine rings is 2. The molecule has 12 heteroatoms. The average molecular weight is 701 g/mol. The second-order valence-corrected chi connectivity index (χ2v) is 17.7.